The normalized spacial score (nSPS) is 12.6. The molecule has 21 heavy (non-hydrogen) atoms. The van der Waals surface area contributed by atoms with Crippen LogP contribution in [0.3, 0.4) is 0 Å². The lowest BCUT2D eigenvalue weighted by Crippen LogP contribution is -2.43. The van der Waals surface area contributed by atoms with Gasteiger partial charge in [0.05, 0.1) is 4.90 Å². The lowest BCUT2D eigenvalue weighted by molar-refractivity contribution is 0.418. The molecule has 0 radical (unpaired) electrons. The SMILES string of the molecule is CCCNCc1ccc(S(=O)(=O)NC(C)(C)CCC)cc1. The van der Waals surface area contributed by atoms with Gasteiger partial charge in [0.1, 0.15) is 0 Å². The fourth-order valence-corrected chi connectivity index (χ4v) is 3.74. The Labute approximate surface area is 129 Å². The molecule has 0 amide bonds. The molecular weight excluding hydrogens is 284 g/mol. The molecule has 1 aromatic carbocycles. The fraction of sp³-hybridized carbons (Fsp3) is 0.625. The van der Waals surface area contributed by atoms with E-state index in [9.17, 15) is 8.42 Å². The summed E-state index contributed by atoms with van der Waals surface area (Å²) in [4.78, 5) is 0.325. The Bertz CT molecular complexity index is 522. The van der Waals surface area contributed by atoms with E-state index in [-0.39, 0.29) is 0 Å². The van der Waals surface area contributed by atoms with Crippen LogP contribution in [0.1, 0.15) is 52.5 Å². The molecular formula is C16H28N2O2S. The zero-order valence-electron chi connectivity index (χ0n) is 13.6. The molecule has 4 nitrogen and oxygen atoms in total. The van der Waals surface area contributed by atoms with Crippen LogP contribution >= 0.6 is 0 Å². The van der Waals surface area contributed by atoms with E-state index in [1.807, 2.05) is 32.9 Å². The van der Waals surface area contributed by atoms with Crippen molar-refractivity contribution in [3.8, 4) is 0 Å². The number of sulfonamides is 1. The van der Waals surface area contributed by atoms with E-state index in [0.717, 1.165) is 37.9 Å². The van der Waals surface area contributed by atoms with Crippen LogP contribution in [0.25, 0.3) is 0 Å². The number of rotatable bonds is 9. The van der Waals surface area contributed by atoms with Crippen molar-refractivity contribution in [1.29, 1.82) is 0 Å². The third-order valence-electron chi connectivity index (χ3n) is 3.28. The van der Waals surface area contributed by atoms with Crippen LogP contribution in [-0.4, -0.2) is 20.5 Å². The second kappa shape index (κ2) is 7.92. The number of nitrogens with one attached hydrogen (secondary N) is 2. The van der Waals surface area contributed by atoms with Gasteiger partial charge in [-0.2, -0.15) is 0 Å². The Morgan fingerprint density at radius 3 is 2.19 bits per heavy atom. The lowest BCUT2D eigenvalue weighted by Gasteiger charge is -2.25. The van der Waals surface area contributed by atoms with Gasteiger partial charge in [0.2, 0.25) is 10.0 Å². The molecule has 5 heteroatoms. The van der Waals surface area contributed by atoms with Crippen LogP contribution in [0.15, 0.2) is 29.2 Å². The first-order chi connectivity index (χ1) is 9.80. The van der Waals surface area contributed by atoms with Gasteiger partial charge in [-0.3, -0.25) is 0 Å². The van der Waals surface area contributed by atoms with Gasteiger partial charge >= 0.3 is 0 Å². The van der Waals surface area contributed by atoms with Gasteiger partial charge in [0.15, 0.2) is 0 Å². The summed E-state index contributed by atoms with van der Waals surface area (Å²) in [6.45, 7) is 9.73. The molecule has 0 aliphatic heterocycles. The smallest absolute Gasteiger partial charge is 0.241 e. The molecule has 120 valence electrons. The topological polar surface area (TPSA) is 58.2 Å². The highest BCUT2D eigenvalue weighted by molar-refractivity contribution is 7.89. The minimum atomic E-state index is -3.45. The lowest BCUT2D eigenvalue weighted by atomic mass is 10.0. The molecule has 0 fully saturated rings. The molecule has 1 rings (SSSR count). The van der Waals surface area contributed by atoms with Gasteiger partial charge in [-0.25, -0.2) is 13.1 Å². The molecule has 2 N–H and O–H groups in total. The van der Waals surface area contributed by atoms with Crippen LogP contribution in [0.4, 0.5) is 0 Å². The first-order valence-electron chi connectivity index (χ1n) is 7.64. The van der Waals surface area contributed by atoms with E-state index in [0.29, 0.717) is 4.90 Å². The van der Waals surface area contributed by atoms with Crippen LogP contribution in [0.2, 0.25) is 0 Å². The van der Waals surface area contributed by atoms with E-state index in [1.165, 1.54) is 0 Å². The summed E-state index contributed by atoms with van der Waals surface area (Å²) in [7, 11) is -3.45. The average Bonchev–Trinajstić information content (AvgIpc) is 2.38. The van der Waals surface area contributed by atoms with Gasteiger partial charge in [-0.15, -0.1) is 0 Å². The third-order valence-corrected chi connectivity index (χ3v) is 4.99. The second-order valence-electron chi connectivity index (χ2n) is 6.06. The van der Waals surface area contributed by atoms with Crippen molar-refractivity contribution in [3.63, 3.8) is 0 Å². The second-order valence-corrected chi connectivity index (χ2v) is 7.74. The Kier molecular flexibility index (Phi) is 6.84. The van der Waals surface area contributed by atoms with Crippen molar-refractivity contribution in [2.24, 2.45) is 0 Å². The van der Waals surface area contributed by atoms with Gasteiger partial charge in [0.25, 0.3) is 0 Å². The predicted molar refractivity (Wildman–Crippen MR) is 87.7 cm³/mol. The monoisotopic (exact) mass is 312 g/mol. The van der Waals surface area contributed by atoms with E-state index < -0.39 is 15.6 Å². The predicted octanol–water partition coefficient (Wildman–Crippen LogP) is 3.04. The van der Waals surface area contributed by atoms with Crippen molar-refractivity contribution in [2.45, 2.75) is 63.9 Å². The summed E-state index contributed by atoms with van der Waals surface area (Å²) in [5.41, 5.74) is 0.671. The third kappa shape index (κ3) is 6.16. The number of benzene rings is 1. The maximum absolute atomic E-state index is 12.4. The molecule has 0 atom stereocenters. The summed E-state index contributed by atoms with van der Waals surface area (Å²) < 4.78 is 27.5. The van der Waals surface area contributed by atoms with E-state index in [4.69, 9.17) is 0 Å². The maximum atomic E-state index is 12.4. The van der Waals surface area contributed by atoms with E-state index >= 15 is 0 Å². The van der Waals surface area contributed by atoms with E-state index in [1.54, 1.807) is 12.1 Å². The first-order valence-corrected chi connectivity index (χ1v) is 9.12. The highest BCUT2D eigenvalue weighted by Gasteiger charge is 2.25. The van der Waals surface area contributed by atoms with Crippen molar-refractivity contribution in [1.82, 2.24) is 10.0 Å². The van der Waals surface area contributed by atoms with Crippen LogP contribution in [0, 0.1) is 0 Å². The van der Waals surface area contributed by atoms with Crippen molar-refractivity contribution >= 4 is 10.0 Å². The quantitative estimate of drug-likeness (QED) is 0.689. The van der Waals surface area contributed by atoms with E-state index in [2.05, 4.69) is 17.0 Å². The highest BCUT2D eigenvalue weighted by atomic mass is 32.2. The van der Waals surface area contributed by atoms with Gasteiger partial charge < -0.3 is 5.32 Å². The largest absolute Gasteiger partial charge is 0.313 e. The molecule has 1 aromatic rings. The Morgan fingerprint density at radius 2 is 1.67 bits per heavy atom. The average molecular weight is 312 g/mol. The van der Waals surface area contributed by atoms with Gasteiger partial charge in [-0.05, 0) is 50.9 Å². The minimum Gasteiger partial charge on any atom is -0.313 e. The van der Waals surface area contributed by atoms with Crippen molar-refractivity contribution in [2.75, 3.05) is 6.54 Å². The minimum absolute atomic E-state index is 0.325. The molecule has 0 aliphatic carbocycles. The molecule has 0 aliphatic rings. The molecule has 0 aromatic heterocycles. The first kappa shape index (κ1) is 18.1. The summed E-state index contributed by atoms with van der Waals surface area (Å²) in [5.74, 6) is 0. The van der Waals surface area contributed by atoms with Gasteiger partial charge in [-0.1, -0.05) is 32.4 Å². The molecule has 0 heterocycles. The molecule has 0 saturated heterocycles. The standard InChI is InChI=1S/C16H28N2O2S/c1-5-11-16(3,4)18-21(19,20)15-9-7-14(8-10-15)13-17-12-6-2/h7-10,17-18H,5-6,11-13H2,1-4H3. The summed E-state index contributed by atoms with van der Waals surface area (Å²) in [5, 5.41) is 3.30. The summed E-state index contributed by atoms with van der Waals surface area (Å²) in [6, 6.07) is 7.08. The molecule has 0 unspecified atom stereocenters. The number of hydrogen-bond acceptors (Lipinski definition) is 3. The highest BCUT2D eigenvalue weighted by Crippen LogP contribution is 2.17. The zero-order chi connectivity index (χ0) is 15.9. The molecule has 0 saturated carbocycles. The van der Waals surface area contributed by atoms with Crippen LogP contribution in [-0.2, 0) is 16.6 Å². The Morgan fingerprint density at radius 1 is 1.05 bits per heavy atom. The number of hydrogen-bond donors (Lipinski definition) is 2. The molecule has 0 spiro atoms. The molecule has 0 bridgehead atoms. The van der Waals surface area contributed by atoms with Crippen LogP contribution < -0.4 is 10.0 Å². The summed E-state index contributed by atoms with van der Waals surface area (Å²) in [6.07, 6.45) is 2.84. The Balaban J connectivity index is 2.75. The fourth-order valence-electron chi connectivity index (χ4n) is 2.29. The zero-order valence-corrected chi connectivity index (χ0v) is 14.4. The van der Waals surface area contributed by atoms with Crippen molar-refractivity contribution < 1.29 is 8.42 Å². The van der Waals surface area contributed by atoms with Crippen LogP contribution in [0.5, 0.6) is 0 Å². The summed E-state index contributed by atoms with van der Waals surface area (Å²) >= 11 is 0. The maximum Gasteiger partial charge on any atom is 0.241 e. The van der Waals surface area contributed by atoms with Crippen molar-refractivity contribution in [3.05, 3.63) is 29.8 Å². The van der Waals surface area contributed by atoms with Gasteiger partial charge in [0, 0.05) is 12.1 Å². The Hall–Kier alpha value is -0.910.